The Morgan fingerprint density at radius 2 is 2.21 bits per heavy atom. The van der Waals surface area contributed by atoms with E-state index in [2.05, 4.69) is 22.1 Å². The van der Waals surface area contributed by atoms with Crippen LogP contribution in [-0.4, -0.2) is 37.2 Å². The number of ether oxygens (including phenoxy) is 1. The average Bonchev–Trinajstić information content (AvgIpc) is 2.47. The fourth-order valence-corrected chi connectivity index (χ4v) is 2.01. The second-order valence-electron chi connectivity index (χ2n) is 4.65. The van der Waals surface area contributed by atoms with E-state index < -0.39 is 0 Å². The predicted octanol–water partition coefficient (Wildman–Crippen LogP) is 2.05. The molecule has 5 nitrogen and oxygen atoms in total. The van der Waals surface area contributed by atoms with Crippen molar-refractivity contribution in [3.8, 4) is 0 Å². The standard InChI is InChI=1S/C14H21N3O2/c1-2-3-4-14(18)16-13-6-5-12(11-15-13)17-7-9-19-10-8-17/h5-6,11H,2-4,7-10H2,1H3,(H,15,16,18). The first kappa shape index (κ1) is 13.8. The van der Waals surface area contributed by atoms with E-state index >= 15 is 0 Å². The van der Waals surface area contributed by atoms with E-state index in [1.54, 1.807) is 6.20 Å². The van der Waals surface area contributed by atoms with Gasteiger partial charge in [0.1, 0.15) is 5.82 Å². The van der Waals surface area contributed by atoms with E-state index in [1.165, 1.54) is 0 Å². The van der Waals surface area contributed by atoms with Gasteiger partial charge in [-0.1, -0.05) is 13.3 Å². The minimum atomic E-state index is 0.0356. The van der Waals surface area contributed by atoms with Gasteiger partial charge in [0.05, 0.1) is 25.1 Å². The highest BCUT2D eigenvalue weighted by atomic mass is 16.5. The summed E-state index contributed by atoms with van der Waals surface area (Å²) >= 11 is 0. The Morgan fingerprint density at radius 1 is 1.42 bits per heavy atom. The van der Waals surface area contributed by atoms with Crippen LogP contribution in [0.3, 0.4) is 0 Å². The van der Waals surface area contributed by atoms with Crippen LogP contribution in [0.5, 0.6) is 0 Å². The maximum Gasteiger partial charge on any atom is 0.225 e. The molecule has 1 aromatic heterocycles. The first-order chi connectivity index (χ1) is 9.29. The molecule has 0 saturated carbocycles. The van der Waals surface area contributed by atoms with Crippen LogP contribution >= 0.6 is 0 Å². The second-order valence-corrected chi connectivity index (χ2v) is 4.65. The largest absolute Gasteiger partial charge is 0.378 e. The van der Waals surface area contributed by atoms with Crippen LogP contribution in [0.25, 0.3) is 0 Å². The van der Waals surface area contributed by atoms with E-state index in [0.717, 1.165) is 44.8 Å². The fraction of sp³-hybridized carbons (Fsp3) is 0.571. The number of rotatable bonds is 5. The summed E-state index contributed by atoms with van der Waals surface area (Å²) in [6.45, 7) is 5.38. The van der Waals surface area contributed by atoms with Crippen LogP contribution in [0, 0.1) is 0 Å². The summed E-state index contributed by atoms with van der Waals surface area (Å²) in [6.07, 6.45) is 4.30. The second kappa shape index (κ2) is 7.09. The molecule has 1 fully saturated rings. The molecule has 0 bridgehead atoms. The van der Waals surface area contributed by atoms with E-state index in [-0.39, 0.29) is 5.91 Å². The quantitative estimate of drug-likeness (QED) is 0.883. The van der Waals surface area contributed by atoms with Gasteiger partial charge in [0.2, 0.25) is 5.91 Å². The number of morpholine rings is 1. The number of nitrogens with zero attached hydrogens (tertiary/aromatic N) is 2. The monoisotopic (exact) mass is 263 g/mol. The van der Waals surface area contributed by atoms with Gasteiger partial charge in [0, 0.05) is 19.5 Å². The maximum atomic E-state index is 11.6. The minimum Gasteiger partial charge on any atom is -0.378 e. The third kappa shape index (κ3) is 4.21. The van der Waals surface area contributed by atoms with E-state index in [4.69, 9.17) is 4.74 Å². The van der Waals surface area contributed by atoms with Crippen molar-refractivity contribution in [3.05, 3.63) is 18.3 Å². The van der Waals surface area contributed by atoms with Crippen molar-refractivity contribution in [2.24, 2.45) is 0 Å². The molecule has 2 rings (SSSR count). The van der Waals surface area contributed by atoms with Crippen LogP contribution < -0.4 is 10.2 Å². The lowest BCUT2D eigenvalue weighted by molar-refractivity contribution is -0.116. The lowest BCUT2D eigenvalue weighted by atomic mass is 10.2. The van der Waals surface area contributed by atoms with E-state index in [9.17, 15) is 4.79 Å². The first-order valence-corrected chi connectivity index (χ1v) is 6.88. The van der Waals surface area contributed by atoms with Crippen molar-refractivity contribution < 1.29 is 9.53 Å². The van der Waals surface area contributed by atoms with Crippen LogP contribution in [0.15, 0.2) is 18.3 Å². The van der Waals surface area contributed by atoms with Gasteiger partial charge in [-0.15, -0.1) is 0 Å². The number of aromatic nitrogens is 1. The van der Waals surface area contributed by atoms with Crippen molar-refractivity contribution >= 4 is 17.4 Å². The smallest absolute Gasteiger partial charge is 0.225 e. The number of hydrogen-bond donors (Lipinski definition) is 1. The van der Waals surface area contributed by atoms with Gasteiger partial charge in [-0.2, -0.15) is 0 Å². The lowest BCUT2D eigenvalue weighted by Crippen LogP contribution is -2.36. The number of pyridine rings is 1. The molecule has 19 heavy (non-hydrogen) atoms. The van der Waals surface area contributed by atoms with Gasteiger partial charge in [-0.25, -0.2) is 4.98 Å². The molecular weight excluding hydrogens is 242 g/mol. The van der Waals surface area contributed by atoms with E-state index in [1.807, 2.05) is 12.1 Å². The zero-order chi connectivity index (χ0) is 13.5. The molecule has 0 aliphatic carbocycles. The van der Waals surface area contributed by atoms with Crippen molar-refractivity contribution in [3.63, 3.8) is 0 Å². The molecule has 1 amide bonds. The molecule has 0 spiro atoms. The Kier molecular flexibility index (Phi) is 5.15. The van der Waals surface area contributed by atoms with Gasteiger partial charge in [0.25, 0.3) is 0 Å². The molecular formula is C14H21N3O2. The Bertz CT molecular complexity index is 400. The summed E-state index contributed by atoms with van der Waals surface area (Å²) in [7, 11) is 0. The predicted molar refractivity (Wildman–Crippen MR) is 75.4 cm³/mol. The van der Waals surface area contributed by atoms with Gasteiger partial charge in [-0.3, -0.25) is 4.79 Å². The third-order valence-corrected chi connectivity index (χ3v) is 3.15. The molecule has 1 aliphatic rings. The van der Waals surface area contributed by atoms with Gasteiger partial charge < -0.3 is 15.0 Å². The summed E-state index contributed by atoms with van der Waals surface area (Å²) in [5.41, 5.74) is 1.08. The highest BCUT2D eigenvalue weighted by molar-refractivity contribution is 5.89. The Hall–Kier alpha value is -1.62. The zero-order valence-corrected chi connectivity index (χ0v) is 11.4. The molecule has 0 unspecified atom stereocenters. The number of amides is 1. The molecule has 0 aromatic carbocycles. The number of hydrogen-bond acceptors (Lipinski definition) is 4. The number of nitrogens with one attached hydrogen (secondary N) is 1. The SMILES string of the molecule is CCCCC(=O)Nc1ccc(N2CCOCC2)cn1. The van der Waals surface area contributed by atoms with E-state index in [0.29, 0.717) is 12.2 Å². The highest BCUT2D eigenvalue weighted by Gasteiger charge is 2.11. The topological polar surface area (TPSA) is 54.5 Å². The van der Waals surface area contributed by atoms with Crippen LogP contribution in [-0.2, 0) is 9.53 Å². The molecule has 1 N–H and O–H groups in total. The van der Waals surface area contributed by atoms with Crippen molar-refractivity contribution in [2.45, 2.75) is 26.2 Å². The summed E-state index contributed by atoms with van der Waals surface area (Å²) in [5.74, 6) is 0.659. The van der Waals surface area contributed by atoms with Gasteiger partial charge >= 0.3 is 0 Å². The van der Waals surface area contributed by atoms with Gasteiger partial charge in [-0.05, 0) is 18.6 Å². The zero-order valence-electron chi connectivity index (χ0n) is 11.4. The van der Waals surface area contributed by atoms with Gasteiger partial charge in [0.15, 0.2) is 0 Å². The molecule has 0 atom stereocenters. The summed E-state index contributed by atoms with van der Waals surface area (Å²) < 4.78 is 5.32. The Labute approximate surface area is 114 Å². The van der Waals surface area contributed by atoms with Crippen LogP contribution in [0.4, 0.5) is 11.5 Å². The fourth-order valence-electron chi connectivity index (χ4n) is 2.01. The van der Waals surface area contributed by atoms with Crippen molar-refractivity contribution in [1.82, 2.24) is 4.98 Å². The number of unbranched alkanes of at least 4 members (excludes halogenated alkanes) is 1. The number of carbonyl (C=O) groups is 1. The average molecular weight is 263 g/mol. The van der Waals surface area contributed by atoms with Crippen LogP contribution in [0.2, 0.25) is 0 Å². The molecule has 0 radical (unpaired) electrons. The molecule has 1 saturated heterocycles. The van der Waals surface area contributed by atoms with Crippen LogP contribution in [0.1, 0.15) is 26.2 Å². The normalized spacial score (nSPS) is 15.3. The summed E-state index contributed by atoms with van der Waals surface area (Å²) in [5, 5.41) is 2.81. The molecule has 2 heterocycles. The minimum absolute atomic E-state index is 0.0356. The lowest BCUT2D eigenvalue weighted by Gasteiger charge is -2.28. The number of carbonyl (C=O) groups excluding carboxylic acids is 1. The number of anilines is 2. The Morgan fingerprint density at radius 3 is 2.84 bits per heavy atom. The molecule has 5 heteroatoms. The highest BCUT2D eigenvalue weighted by Crippen LogP contribution is 2.16. The molecule has 1 aliphatic heterocycles. The molecule has 1 aromatic rings. The van der Waals surface area contributed by atoms with Crippen molar-refractivity contribution in [2.75, 3.05) is 36.5 Å². The molecule has 104 valence electrons. The third-order valence-electron chi connectivity index (χ3n) is 3.15. The Balaban J connectivity index is 1.88. The summed E-state index contributed by atoms with van der Waals surface area (Å²) in [6, 6.07) is 3.85. The first-order valence-electron chi connectivity index (χ1n) is 6.88. The summed E-state index contributed by atoms with van der Waals surface area (Å²) in [4.78, 5) is 18.1. The van der Waals surface area contributed by atoms with Crippen molar-refractivity contribution in [1.29, 1.82) is 0 Å². The maximum absolute atomic E-state index is 11.6.